The van der Waals surface area contributed by atoms with Gasteiger partial charge in [0.25, 0.3) is 0 Å². The molecule has 3 nitrogen and oxygen atoms in total. The highest BCUT2D eigenvalue weighted by atomic mass is 32.2. The maximum Gasteiger partial charge on any atom is 0.154 e. The normalized spacial score (nSPS) is 12.2. The SMILES string of the molecule is CN=C(N)SCc1cc2ccccc2[nH]1. The molecule has 0 aliphatic heterocycles. The van der Waals surface area contributed by atoms with Gasteiger partial charge in [-0.1, -0.05) is 30.0 Å². The number of rotatable bonds is 2. The lowest BCUT2D eigenvalue weighted by Gasteiger charge is -1.96. The number of thioether (sulfide) groups is 1. The lowest BCUT2D eigenvalue weighted by atomic mass is 10.2. The molecule has 0 aliphatic carbocycles. The maximum atomic E-state index is 5.61. The molecule has 1 heterocycles. The van der Waals surface area contributed by atoms with Gasteiger partial charge < -0.3 is 10.7 Å². The fourth-order valence-corrected chi connectivity index (χ4v) is 2.02. The van der Waals surface area contributed by atoms with Crippen LogP contribution in [0, 0.1) is 0 Å². The summed E-state index contributed by atoms with van der Waals surface area (Å²) in [4.78, 5) is 7.24. The molecule has 0 saturated heterocycles. The van der Waals surface area contributed by atoms with Crippen LogP contribution >= 0.6 is 11.8 Å². The van der Waals surface area contributed by atoms with Crippen molar-refractivity contribution in [2.75, 3.05) is 7.05 Å². The standard InChI is InChI=1S/C11H13N3S/c1-13-11(12)15-7-9-6-8-4-2-3-5-10(8)14-9/h2-6,14H,7H2,1H3,(H2,12,13). The van der Waals surface area contributed by atoms with Crippen molar-refractivity contribution in [3.63, 3.8) is 0 Å². The van der Waals surface area contributed by atoms with Gasteiger partial charge in [-0.2, -0.15) is 0 Å². The first kappa shape index (κ1) is 10.1. The molecule has 2 aromatic rings. The van der Waals surface area contributed by atoms with Crippen molar-refractivity contribution in [3.05, 3.63) is 36.0 Å². The van der Waals surface area contributed by atoms with Gasteiger partial charge in [0.1, 0.15) is 0 Å². The number of aromatic amines is 1. The number of nitrogens with zero attached hydrogens (tertiary/aromatic N) is 1. The van der Waals surface area contributed by atoms with E-state index in [4.69, 9.17) is 5.73 Å². The Balaban J connectivity index is 2.15. The Morgan fingerprint density at radius 2 is 2.27 bits per heavy atom. The summed E-state index contributed by atoms with van der Waals surface area (Å²) in [6.07, 6.45) is 0. The molecule has 15 heavy (non-hydrogen) atoms. The third kappa shape index (κ3) is 2.33. The zero-order valence-electron chi connectivity index (χ0n) is 8.53. The van der Waals surface area contributed by atoms with E-state index in [0.29, 0.717) is 5.17 Å². The van der Waals surface area contributed by atoms with Crippen molar-refractivity contribution in [1.82, 2.24) is 4.98 Å². The molecule has 1 aromatic carbocycles. The van der Waals surface area contributed by atoms with Gasteiger partial charge in [-0.05, 0) is 17.5 Å². The summed E-state index contributed by atoms with van der Waals surface area (Å²) in [5, 5.41) is 1.86. The van der Waals surface area contributed by atoms with Crippen molar-refractivity contribution < 1.29 is 0 Å². The number of fused-ring (bicyclic) bond motifs is 1. The van der Waals surface area contributed by atoms with E-state index in [9.17, 15) is 0 Å². The van der Waals surface area contributed by atoms with Gasteiger partial charge >= 0.3 is 0 Å². The van der Waals surface area contributed by atoms with Crippen LogP contribution in [0.1, 0.15) is 5.69 Å². The smallest absolute Gasteiger partial charge is 0.154 e. The number of nitrogens with two attached hydrogens (primary N) is 1. The van der Waals surface area contributed by atoms with Crippen molar-refractivity contribution in [2.24, 2.45) is 10.7 Å². The Kier molecular flexibility index (Phi) is 2.97. The van der Waals surface area contributed by atoms with Gasteiger partial charge in [0.05, 0.1) is 0 Å². The minimum absolute atomic E-state index is 0.619. The van der Waals surface area contributed by atoms with Gasteiger partial charge in [0, 0.05) is 24.0 Å². The molecule has 0 aliphatic rings. The minimum atomic E-state index is 0.619. The van der Waals surface area contributed by atoms with E-state index in [1.807, 2.05) is 12.1 Å². The van der Waals surface area contributed by atoms with E-state index in [1.54, 1.807) is 18.8 Å². The van der Waals surface area contributed by atoms with Crippen LogP contribution in [-0.2, 0) is 5.75 Å². The average molecular weight is 219 g/mol. The number of H-pyrrole nitrogens is 1. The van der Waals surface area contributed by atoms with Crippen LogP contribution in [0.3, 0.4) is 0 Å². The zero-order chi connectivity index (χ0) is 10.7. The quantitative estimate of drug-likeness (QED) is 0.601. The van der Waals surface area contributed by atoms with Gasteiger partial charge in [-0.3, -0.25) is 4.99 Å². The molecule has 0 atom stereocenters. The number of hydrogen-bond acceptors (Lipinski definition) is 2. The van der Waals surface area contributed by atoms with Gasteiger partial charge in [-0.25, -0.2) is 0 Å². The molecule has 1 aromatic heterocycles. The molecule has 3 N–H and O–H groups in total. The maximum absolute atomic E-state index is 5.61. The second kappa shape index (κ2) is 4.40. The lowest BCUT2D eigenvalue weighted by molar-refractivity contribution is 1.27. The van der Waals surface area contributed by atoms with E-state index in [2.05, 4.69) is 28.2 Å². The molecule has 0 unspecified atom stereocenters. The average Bonchev–Trinajstić information content (AvgIpc) is 2.68. The number of para-hydroxylation sites is 1. The molecule has 0 amide bonds. The summed E-state index contributed by atoms with van der Waals surface area (Å²) in [6.45, 7) is 0. The minimum Gasteiger partial charge on any atom is -0.379 e. The summed E-state index contributed by atoms with van der Waals surface area (Å²) in [7, 11) is 1.70. The molecule has 0 saturated carbocycles. The molecule has 4 heteroatoms. The van der Waals surface area contributed by atoms with Gasteiger partial charge in [0.2, 0.25) is 0 Å². The van der Waals surface area contributed by atoms with Crippen LogP contribution in [0.4, 0.5) is 0 Å². The van der Waals surface area contributed by atoms with Crippen molar-refractivity contribution in [3.8, 4) is 0 Å². The monoisotopic (exact) mass is 219 g/mol. The highest BCUT2D eigenvalue weighted by molar-refractivity contribution is 8.13. The molecule has 0 spiro atoms. The van der Waals surface area contributed by atoms with Crippen LogP contribution < -0.4 is 5.73 Å². The number of hydrogen-bond donors (Lipinski definition) is 2. The lowest BCUT2D eigenvalue weighted by Crippen LogP contribution is -2.05. The topological polar surface area (TPSA) is 54.2 Å². The van der Waals surface area contributed by atoms with E-state index < -0.39 is 0 Å². The Hall–Kier alpha value is -1.42. The summed E-state index contributed by atoms with van der Waals surface area (Å²) >= 11 is 1.54. The largest absolute Gasteiger partial charge is 0.379 e. The molecule has 78 valence electrons. The van der Waals surface area contributed by atoms with E-state index >= 15 is 0 Å². The van der Waals surface area contributed by atoms with Crippen molar-refractivity contribution in [1.29, 1.82) is 0 Å². The number of amidine groups is 1. The van der Waals surface area contributed by atoms with Crippen LogP contribution in [0.2, 0.25) is 0 Å². The van der Waals surface area contributed by atoms with Crippen LogP contribution in [-0.4, -0.2) is 17.2 Å². The van der Waals surface area contributed by atoms with Crippen LogP contribution in [0.15, 0.2) is 35.3 Å². The molecular formula is C11H13N3S. The fraction of sp³-hybridized carbons (Fsp3) is 0.182. The van der Waals surface area contributed by atoms with Crippen LogP contribution in [0.25, 0.3) is 10.9 Å². The number of aromatic nitrogens is 1. The first-order valence-corrected chi connectivity index (χ1v) is 5.70. The number of nitrogens with one attached hydrogen (secondary N) is 1. The highest BCUT2D eigenvalue weighted by Crippen LogP contribution is 2.18. The molecule has 2 rings (SSSR count). The van der Waals surface area contributed by atoms with E-state index in [0.717, 1.165) is 5.75 Å². The molecular weight excluding hydrogens is 206 g/mol. The fourth-order valence-electron chi connectivity index (χ4n) is 1.43. The third-order valence-corrected chi connectivity index (χ3v) is 3.12. The van der Waals surface area contributed by atoms with E-state index in [-0.39, 0.29) is 0 Å². The molecule has 0 bridgehead atoms. The highest BCUT2D eigenvalue weighted by Gasteiger charge is 2.00. The summed E-state index contributed by atoms with van der Waals surface area (Å²) in [6, 6.07) is 10.4. The summed E-state index contributed by atoms with van der Waals surface area (Å²) in [5.41, 5.74) is 7.95. The predicted molar refractivity (Wildman–Crippen MR) is 67.1 cm³/mol. The Morgan fingerprint density at radius 1 is 1.47 bits per heavy atom. The molecule has 0 radical (unpaired) electrons. The third-order valence-electron chi connectivity index (χ3n) is 2.18. The predicted octanol–water partition coefficient (Wildman–Crippen LogP) is 2.35. The number of aliphatic imine (C=N–C) groups is 1. The number of benzene rings is 1. The van der Waals surface area contributed by atoms with Gasteiger partial charge in [-0.15, -0.1) is 0 Å². The van der Waals surface area contributed by atoms with Gasteiger partial charge in [0.15, 0.2) is 5.17 Å². The Labute approximate surface area is 92.8 Å². The summed E-state index contributed by atoms with van der Waals surface area (Å²) in [5.74, 6) is 0.831. The second-order valence-corrected chi connectivity index (χ2v) is 4.23. The first-order chi connectivity index (χ1) is 7.29. The summed E-state index contributed by atoms with van der Waals surface area (Å²) < 4.78 is 0. The van der Waals surface area contributed by atoms with E-state index in [1.165, 1.54) is 16.6 Å². The Morgan fingerprint density at radius 3 is 3.00 bits per heavy atom. The second-order valence-electron chi connectivity index (χ2n) is 3.23. The van der Waals surface area contributed by atoms with Crippen molar-refractivity contribution >= 4 is 27.8 Å². The molecule has 0 fully saturated rings. The Bertz CT molecular complexity index is 454. The van der Waals surface area contributed by atoms with Crippen molar-refractivity contribution in [2.45, 2.75) is 5.75 Å². The zero-order valence-corrected chi connectivity index (χ0v) is 9.34. The first-order valence-electron chi connectivity index (χ1n) is 4.71. The van der Waals surface area contributed by atoms with Crippen LogP contribution in [0.5, 0.6) is 0 Å².